The zero-order chi connectivity index (χ0) is 21.7. The summed E-state index contributed by atoms with van der Waals surface area (Å²) in [6.45, 7) is 4.12. The lowest BCUT2D eigenvalue weighted by Gasteiger charge is -2.20. The van der Waals surface area contributed by atoms with Gasteiger partial charge in [0.15, 0.2) is 17.3 Å². The van der Waals surface area contributed by atoms with E-state index >= 15 is 0 Å². The number of aromatic amines is 1. The summed E-state index contributed by atoms with van der Waals surface area (Å²) >= 11 is 1.39. The van der Waals surface area contributed by atoms with E-state index in [4.69, 9.17) is 4.74 Å². The van der Waals surface area contributed by atoms with Gasteiger partial charge in [0, 0.05) is 12.8 Å². The lowest BCUT2D eigenvalue weighted by atomic mass is 10.2. The molecule has 0 saturated carbocycles. The van der Waals surface area contributed by atoms with Crippen LogP contribution in [0, 0.1) is 11.6 Å². The number of amides is 2. The van der Waals surface area contributed by atoms with E-state index in [0.717, 1.165) is 18.2 Å². The van der Waals surface area contributed by atoms with Crippen LogP contribution in [0.3, 0.4) is 0 Å². The summed E-state index contributed by atoms with van der Waals surface area (Å²) in [7, 11) is 1.67. The molecule has 2 aromatic heterocycles. The second-order valence-corrected chi connectivity index (χ2v) is 7.29. The van der Waals surface area contributed by atoms with Gasteiger partial charge in [0.25, 0.3) is 0 Å². The highest BCUT2D eigenvalue weighted by atomic mass is 32.2. The Morgan fingerprint density at radius 1 is 1.27 bits per heavy atom. The molecule has 0 aliphatic carbocycles. The smallest absolute Gasteiger partial charge is 0.325 e. The van der Waals surface area contributed by atoms with Gasteiger partial charge in [-0.1, -0.05) is 18.9 Å². The average molecular weight is 437 g/mol. The predicted molar refractivity (Wildman–Crippen MR) is 113 cm³/mol. The molecule has 0 fully saturated rings. The van der Waals surface area contributed by atoms with E-state index in [9.17, 15) is 13.6 Å². The quantitative estimate of drug-likeness (QED) is 0.454. The molecule has 12 heteroatoms. The maximum atomic E-state index is 14.9. The van der Waals surface area contributed by atoms with Gasteiger partial charge in [-0.3, -0.25) is 10.4 Å². The van der Waals surface area contributed by atoms with Crippen molar-refractivity contribution in [3.8, 4) is 5.88 Å². The van der Waals surface area contributed by atoms with Crippen LogP contribution in [-0.2, 0) is 0 Å². The fraction of sp³-hybridized carbons (Fsp3) is 0.333. The first-order valence-electron chi connectivity index (χ1n) is 9.20. The van der Waals surface area contributed by atoms with Crippen molar-refractivity contribution in [2.45, 2.75) is 20.3 Å². The molecule has 1 aromatic carbocycles. The van der Waals surface area contributed by atoms with Crippen molar-refractivity contribution in [2.24, 2.45) is 0 Å². The minimum absolute atomic E-state index is 0.0855. The lowest BCUT2D eigenvalue weighted by molar-refractivity contribution is 0.262. The van der Waals surface area contributed by atoms with E-state index < -0.39 is 23.4 Å². The van der Waals surface area contributed by atoms with E-state index in [1.807, 2.05) is 6.92 Å². The van der Waals surface area contributed by atoms with E-state index in [2.05, 4.69) is 30.8 Å². The minimum Gasteiger partial charge on any atom is -0.476 e. The standard InChI is InChI=1S/C18H21F2N7O2S/c1-4-8-30-27(3)11-7-6-10(19)14(13(11)20)23-18(28)24-15-12-16(22-9-21-15)25-26-17(12)29-5-2/h6-7,9H,4-5,8H2,1-3H3,(H3,21,22,23,24,25,26,28). The number of ether oxygens (including phenoxy) is 1. The first kappa shape index (κ1) is 21.6. The van der Waals surface area contributed by atoms with Gasteiger partial charge in [0.1, 0.15) is 23.2 Å². The van der Waals surface area contributed by atoms with E-state index in [1.54, 1.807) is 18.3 Å². The lowest BCUT2D eigenvalue weighted by Crippen LogP contribution is -2.22. The van der Waals surface area contributed by atoms with Gasteiger partial charge in [-0.05, 0) is 25.5 Å². The van der Waals surface area contributed by atoms with Crippen LogP contribution in [0.5, 0.6) is 5.88 Å². The van der Waals surface area contributed by atoms with E-state index in [1.165, 1.54) is 24.3 Å². The Morgan fingerprint density at radius 2 is 2.07 bits per heavy atom. The third kappa shape index (κ3) is 4.53. The van der Waals surface area contributed by atoms with Crippen molar-refractivity contribution in [1.82, 2.24) is 20.2 Å². The highest BCUT2D eigenvalue weighted by Crippen LogP contribution is 2.32. The fourth-order valence-electron chi connectivity index (χ4n) is 2.62. The number of benzene rings is 1. The third-order valence-electron chi connectivity index (χ3n) is 3.98. The summed E-state index contributed by atoms with van der Waals surface area (Å²) in [6.07, 6.45) is 2.12. The molecule has 30 heavy (non-hydrogen) atoms. The van der Waals surface area contributed by atoms with Crippen LogP contribution < -0.4 is 19.7 Å². The molecule has 0 aliphatic heterocycles. The summed E-state index contributed by atoms with van der Waals surface area (Å²) in [4.78, 5) is 20.5. The molecule has 2 heterocycles. The van der Waals surface area contributed by atoms with Crippen molar-refractivity contribution in [3.05, 3.63) is 30.1 Å². The van der Waals surface area contributed by atoms with Gasteiger partial charge in [-0.15, -0.1) is 5.10 Å². The average Bonchev–Trinajstić information content (AvgIpc) is 3.13. The maximum absolute atomic E-state index is 14.9. The van der Waals surface area contributed by atoms with Gasteiger partial charge in [0.2, 0.25) is 5.88 Å². The third-order valence-corrected chi connectivity index (χ3v) is 5.15. The molecule has 160 valence electrons. The summed E-state index contributed by atoms with van der Waals surface area (Å²) in [5.74, 6) is -0.707. The zero-order valence-electron chi connectivity index (χ0n) is 16.6. The van der Waals surface area contributed by atoms with Gasteiger partial charge < -0.3 is 14.4 Å². The van der Waals surface area contributed by atoms with Crippen molar-refractivity contribution >= 4 is 46.2 Å². The molecule has 0 radical (unpaired) electrons. The topological polar surface area (TPSA) is 108 Å². The number of hydrogen-bond donors (Lipinski definition) is 3. The molecular weight excluding hydrogens is 416 g/mol. The molecule has 0 bridgehead atoms. The number of aromatic nitrogens is 4. The van der Waals surface area contributed by atoms with Crippen molar-refractivity contribution < 1.29 is 18.3 Å². The fourth-order valence-corrected chi connectivity index (χ4v) is 3.35. The highest BCUT2D eigenvalue weighted by Gasteiger charge is 2.20. The van der Waals surface area contributed by atoms with Crippen LogP contribution >= 0.6 is 11.9 Å². The Hall–Kier alpha value is -3.15. The number of H-pyrrole nitrogens is 1. The number of urea groups is 1. The highest BCUT2D eigenvalue weighted by molar-refractivity contribution is 8.00. The SMILES string of the molecule is CCCSN(C)c1ccc(F)c(NC(=O)Nc2ncnc3[nH]nc(OCC)c23)c1F. The Bertz CT molecular complexity index is 1050. The monoisotopic (exact) mass is 437 g/mol. The number of nitrogens with one attached hydrogen (secondary N) is 3. The molecular formula is C18H21F2N7O2S. The van der Waals surface area contributed by atoms with Gasteiger partial charge in [-0.25, -0.2) is 23.5 Å². The van der Waals surface area contributed by atoms with Crippen molar-refractivity contribution in [1.29, 1.82) is 0 Å². The van der Waals surface area contributed by atoms with Gasteiger partial charge >= 0.3 is 6.03 Å². The number of fused-ring (bicyclic) bond motifs is 1. The molecule has 0 spiro atoms. The van der Waals surface area contributed by atoms with Crippen molar-refractivity contribution in [3.63, 3.8) is 0 Å². The Labute approximate surface area is 175 Å². The summed E-state index contributed by atoms with van der Waals surface area (Å²) in [5.41, 5.74) is -0.0581. The van der Waals surface area contributed by atoms with Crippen LogP contribution in [0.1, 0.15) is 20.3 Å². The number of rotatable bonds is 8. The molecule has 3 N–H and O–H groups in total. The van der Waals surface area contributed by atoms with Crippen LogP contribution in [0.15, 0.2) is 18.5 Å². The van der Waals surface area contributed by atoms with E-state index in [-0.39, 0.29) is 17.4 Å². The Morgan fingerprint density at radius 3 is 2.80 bits per heavy atom. The first-order chi connectivity index (χ1) is 14.5. The summed E-state index contributed by atoms with van der Waals surface area (Å²) in [5, 5.41) is 11.7. The normalized spacial score (nSPS) is 10.8. The number of anilines is 3. The first-order valence-corrected chi connectivity index (χ1v) is 10.1. The number of nitrogens with zero attached hydrogens (tertiary/aromatic N) is 4. The van der Waals surface area contributed by atoms with Crippen molar-refractivity contribution in [2.75, 3.05) is 34.3 Å². The molecule has 0 atom stereocenters. The minimum atomic E-state index is -0.897. The summed E-state index contributed by atoms with van der Waals surface area (Å²) < 4.78 is 36.1. The van der Waals surface area contributed by atoms with Crippen LogP contribution in [0.2, 0.25) is 0 Å². The van der Waals surface area contributed by atoms with Crippen LogP contribution in [0.25, 0.3) is 11.0 Å². The van der Waals surface area contributed by atoms with Gasteiger partial charge in [-0.2, -0.15) is 0 Å². The van der Waals surface area contributed by atoms with E-state index in [0.29, 0.717) is 17.6 Å². The number of halogens is 2. The molecule has 0 aliphatic rings. The molecule has 0 saturated heterocycles. The largest absolute Gasteiger partial charge is 0.476 e. The van der Waals surface area contributed by atoms with Crippen LogP contribution in [0.4, 0.5) is 30.8 Å². The number of carbonyl (C=O) groups is 1. The molecule has 0 unspecified atom stereocenters. The predicted octanol–water partition coefficient (Wildman–Crippen LogP) is 4.17. The Kier molecular flexibility index (Phi) is 6.87. The molecule has 3 rings (SSSR count). The second-order valence-electron chi connectivity index (χ2n) is 6.07. The molecule has 9 nitrogen and oxygen atoms in total. The summed E-state index contributed by atoms with van der Waals surface area (Å²) in [6, 6.07) is 1.55. The Balaban J connectivity index is 1.83. The molecule has 3 aromatic rings. The van der Waals surface area contributed by atoms with Crippen LogP contribution in [-0.4, -0.2) is 45.6 Å². The zero-order valence-corrected chi connectivity index (χ0v) is 17.4. The number of hydrogen-bond acceptors (Lipinski definition) is 7. The maximum Gasteiger partial charge on any atom is 0.325 e. The molecule has 2 amide bonds. The second kappa shape index (κ2) is 9.57. The van der Waals surface area contributed by atoms with Gasteiger partial charge in [0.05, 0.1) is 12.3 Å². The number of carbonyl (C=O) groups excluding carboxylic acids is 1.